The summed E-state index contributed by atoms with van der Waals surface area (Å²) < 4.78 is 0. The van der Waals surface area contributed by atoms with Crippen LogP contribution in [0.3, 0.4) is 0 Å². The number of carbonyl (C=O) groups is 1. The SMILES string of the molecule is CCCCCCCCCCCCC/C=C\C/C=C\CCCCCCCCCCCCCCCCCCC(O)C(=O)NC(CO)C(O)C(O)CCC/C=C/CC/C=C/CCCCCCCCCCCCC. The molecule has 0 aromatic carbocycles. The van der Waals surface area contributed by atoms with E-state index in [9.17, 15) is 25.2 Å². The summed E-state index contributed by atoms with van der Waals surface area (Å²) in [6, 6.07) is -1.01. The molecule has 0 fully saturated rings. The first kappa shape index (κ1) is 68.3. The summed E-state index contributed by atoms with van der Waals surface area (Å²) in [6.45, 7) is 4.07. The van der Waals surface area contributed by atoms with Crippen molar-refractivity contribution in [2.24, 2.45) is 0 Å². The minimum absolute atomic E-state index is 0.360. The van der Waals surface area contributed by atoms with Crippen LogP contribution in [0.2, 0.25) is 0 Å². The van der Waals surface area contributed by atoms with Gasteiger partial charge in [-0.3, -0.25) is 4.79 Å². The maximum atomic E-state index is 12.6. The molecule has 0 spiro atoms. The fourth-order valence-electron chi connectivity index (χ4n) is 9.63. The zero-order chi connectivity index (χ0) is 50.9. The lowest BCUT2D eigenvalue weighted by Crippen LogP contribution is -2.53. The number of amides is 1. The third kappa shape index (κ3) is 51.2. The standard InChI is InChI=1S/C64H121NO5/c1-3-5-7-9-11-13-15-17-19-21-23-25-26-27-28-29-30-31-32-33-34-35-36-37-38-40-42-44-46-48-50-52-54-56-58-62(68)64(70)65-60(59-66)63(69)61(67)57-55-53-51-49-47-45-43-41-39-24-22-20-18-16-14-12-10-8-6-4-2/h26-27,29-30,41,43,49,51,60-63,66-69H,3-25,28,31-40,42,44-48,50,52-59H2,1-2H3,(H,65,70)/b27-26-,30-29-,43-41+,51-49+. The van der Waals surface area contributed by atoms with Crippen LogP contribution in [-0.2, 0) is 4.79 Å². The molecule has 1 amide bonds. The van der Waals surface area contributed by atoms with E-state index in [1.54, 1.807) is 0 Å². The first-order chi connectivity index (χ1) is 34.5. The molecule has 0 heterocycles. The Hall–Kier alpha value is -1.73. The van der Waals surface area contributed by atoms with Crippen LogP contribution in [0.4, 0.5) is 0 Å². The second kappa shape index (κ2) is 58.2. The Bertz CT molecular complexity index is 1150. The first-order valence-corrected chi connectivity index (χ1v) is 31.0. The summed E-state index contributed by atoms with van der Waals surface area (Å²) in [4.78, 5) is 12.6. The quantitative estimate of drug-likeness (QED) is 0.0308. The Labute approximate surface area is 436 Å². The van der Waals surface area contributed by atoms with E-state index in [0.717, 1.165) is 44.9 Å². The van der Waals surface area contributed by atoms with E-state index < -0.39 is 36.9 Å². The van der Waals surface area contributed by atoms with Crippen molar-refractivity contribution in [3.05, 3.63) is 48.6 Å². The van der Waals surface area contributed by atoms with Gasteiger partial charge in [0.1, 0.15) is 12.2 Å². The van der Waals surface area contributed by atoms with Crippen molar-refractivity contribution < 1.29 is 25.2 Å². The number of rotatable bonds is 57. The van der Waals surface area contributed by atoms with E-state index in [2.05, 4.69) is 67.8 Å². The molecule has 0 aliphatic rings. The predicted molar refractivity (Wildman–Crippen MR) is 307 cm³/mol. The number of allylic oxidation sites excluding steroid dienone is 8. The topological polar surface area (TPSA) is 110 Å². The van der Waals surface area contributed by atoms with Gasteiger partial charge in [0.25, 0.3) is 0 Å². The Kier molecular flexibility index (Phi) is 56.7. The molecule has 0 aromatic rings. The molecule has 6 nitrogen and oxygen atoms in total. The first-order valence-electron chi connectivity index (χ1n) is 31.0. The summed E-state index contributed by atoms with van der Waals surface area (Å²) in [5.74, 6) is -0.594. The zero-order valence-electron chi connectivity index (χ0n) is 46.8. The lowest BCUT2D eigenvalue weighted by molar-refractivity contribution is -0.132. The largest absolute Gasteiger partial charge is 0.394 e. The van der Waals surface area contributed by atoms with Crippen molar-refractivity contribution in [1.82, 2.24) is 5.32 Å². The van der Waals surface area contributed by atoms with Gasteiger partial charge in [-0.15, -0.1) is 0 Å². The smallest absolute Gasteiger partial charge is 0.249 e. The maximum absolute atomic E-state index is 12.6. The fourth-order valence-corrected chi connectivity index (χ4v) is 9.63. The monoisotopic (exact) mass is 984 g/mol. The number of carbonyl (C=O) groups excluding carboxylic acids is 1. The molecule has 4 atom stereocenters. The normalized spacial score (nSPS) is 14.0. The van der Waals surface area contributed by atoms with Crippen LogP contribution < -0.4 is 5.32 Å². The molecule has 6 heteroatoms. The number of hydrogen-bond acceptors (Lipinski definition) is 5. The molecule has 0 aliphatic heterocycles. The number of unbranched alkanes of at least 4 members (excludes halogenated alkanes) is 40. The number of aliphatic hydroxyl groups is 4. The van der Waals surface area contributed by atoms with Gasteiger partial charge in [-0.1, -0.05) is 287 Å². The van der Waals surface area contributed by atoms with Gasteiger partial charge in [-0.05, 0) is 83.5 Å². The van der Waals surface area contributed by atoms with Crippen molar-refractivity contribution in [2.45, 2.75) is 346 Å². The average molecular weight is 985 g/mol. The molecule has 0 radical (unpaired) electrons. The molecule has 412 valence electrons. The molecule has 0 saturated carbocycles. The lowest BCUT2D eigenvalue weighted by atomic mass is 10.00. The summed E-state index contributed by atoms with van der Waals surface area (Å²) in [5.41, 5.74) is 0. The molecule has 0 saturated heterocycles. The van der Waals surface area contributed by atoms with E-state index in [1.165, 1.54) is 244 Å². The molecule has 0 aromatic heterocycles. The van der Waals surface area contributed by atoms with Gasteiger partial charge in [0.15, 0.2) is 0 Å². The van der Waals surface area contributed by atoms with E-state index in [1.807, 2.05) is 0 Å². The highest BCUT2D eigenvalue weighted by atomic mass is 16.3. The van der Waals surface area contributed by atoms with Gasteiger partial charge in [0.05, 0.1) is 18.8 Å². The maximum Gasteiger partial charge on any atom is 0.249 e. The van der Waals surface area contributed by atoms with Crippen LogP contribution in [0, 0.1) is 0 Å². The highest BCUT2D eigenvalue weighted by Gasteiger charge is 2.28. The van der Waals surface area contributed by atoms with Crippen molar-refractivity contribution in [1.29, 1.82) is 0 Å². The molecule has 0 aliphatic carbocycles. The second-order valence-corrected chi connectivity index (χ2v) is 21.4. The highest BCUT2D eigenvalue weighted by molar-refractivity contribution is 5.80. The van der Waals surface area contributed by atoms with Crippen molar-refractivity contribution in [3.63, 3.8) is 0 Å². The summed E-state index contributed by atoms with van der Waals surface area (Å²) >= 11 is 0. The van der Waals surface area contributed by atoms with Crippen LogP contribution >= 0.6 is 0 Å². The number of aliphatic hydroxyl groups excluding tert-OH is 4. The molecule has 0 bridgehead atoms. The Morgan fingerprint density at radius 3 is 0.986 bits per heavy atom. The van der Waals surface area contributed by atoms with Gasteiger partial charge < -0.3 is 25.7 Å². The second-order valence-electron chi connectivity index (χ2n) is 21.4. The summed E-state index contributed by atoms with van der Waals surface area (Å²) in [6.07, 6.45) is 74.9. The van der Waals surface area contributed by atoms with Gasteiger partial charge >= 0.3 is 0 Å². The van der Waals surface area contributed by atoms with Crippen LogP contribution in [0.25, 0.3) is 0 Å². The van der Waals surface area contributed by atoms with Crippen LogP contribution in [0.15, 0.2) is 48.6 Å². The third-order valence-corrected chi connectivity index (χ3v) is 14.5. The summed E-state index contributed by atoms with van der Waals surface area (Å²) in [5, 5.41) is 44.0. The lowest BCUT2D eigenvalue weighted by Gasteiger charge is -2.27. The Balaban J connectivity index is 3.62. The molecule has 4 unspecified atom stereocenters. The Morgan fingerprint density at radius 2 is 0.643 bits per heavy atom. The molecule has 70 heavy (non-hydrogen) atoms. The van der Waals surface area contributed by atoms with Crippen LogP contribution in [0.1, 0.15) is 322 Å². The molecule has 0 rings (SSSR count). The van der Waals surface area contributed by atoms with Crippen LogP contribution in [0.5, 0.6) is 0 Å². The summed E-state index contributed by atoms with van der Waals surface area (Å²) in [7, 11) is 0. The van der Waals surface area contributed by atoms with Crippen molar-refractivity contribution in [3.8, 4) is 0 Å². The highest BCUT2D eigenvalue weighted by Crippen LogP contribution is 2.17. The van der Waals surface area contributed by atoms with E-state index in [-0.39, 0.29) is 0 Å². The number of nitrogens with one attached hydrogen (secondary N) is 1. The molecular formula is C64H121NO5. The third-order valence-electron chi connectivity index (χ3n) is 14.5. The predicted octanol–water partition coefficient (Wildman–Crippen LogP) is 18.5. The minimum atomic E-state index is -1.29. The van der Waals surface area contributed by atoms with Gasteiger partial charge in [-0.2, -0.15) is 0 Å². The van der Waals surface area contributed by atoms with Crippen LogP contribution in [-0.4, -0.2) is 57.3 Å². The van der Waals surface area contributed by atoms with Crippen molar-refractivity contribution >= 4 is 5.91 Å². The van der Waals surface area contributed by atoms with E-state index in [0.29, 0.717) is 19.3 Å². The van der Waals surface area contributed by atoms with E-state index in [4.69, 9.17) is 0 Å². The van der Waals surface area contributed by atoms with Gasteiger partial charge in [-0.25, -0.2) is 0 Å². The molecular weight excluding hydrogens is 863 g/mol. The molecule has 5 N–H and O–H groups in total. The number of hydrogen-bond donors (Lipinski definition) is 5. The average Bonchev–Trinajstić information content (AvgIpc) is 3.36. The fraction of sp³-hybridized carbons (Fsp3) is 0.859. The van der Waals surface area contributed by atoms with E-state index >= 15 is 0 Å². The van der Waals surface area contributed by atoms with Gasteiger partial charge in [0, 0.05) is 0 Å². The Morgan fingerprint density at radius 1 is 0.357 bits per heavy atom. The minimum Gasteiger partial charge on any atom is -0.394 e. The van der Waals surface area contributed by atoms with Gasteiger partial charge in [0.2, 0.25) is 5.91 Å². The van der Waals surface area contributed by atoms with Crippen molar-refractivity contribution in [2.75, 3.05) is 6.61 Å². The zero-order valence-corrected chi connectivity index (χ0v) is 46.8.